The number of phenolic OH excluding ortho intramolecular Hbond substituents is 1. The SMILES string of the molecule is COc1ccc([Si])c(OC)c1O. The van der Waals surface area contributed by atoms with Crippen LogP contribution >= 0.6 is 0 Å². The predicted molar refractivity (Wildman–Crippen MR) is 46.6 cm³/mol. The average molecular weight is 181 g/mol. The zero-order chi connectivity index (χ0) is 9.14. The molecule has 0 spiro atoms. The van der Waals surface area contributed by atoms with E-state index in [0.717, 1.165) is 0 Å². The van der Waals surface area contributed by atoms with Crippen molar-refractivity contribution in [3.63, 3.8) is 0 Å². The van der Waals surface area contributed by atoms with Crippen LogP contribution in [0.5, 0.6) is 17.2 Å². The van der Waals surface area contributed by atoms with Gasteiger partial charge in [0.15, 0.2) is 11.5 Å². The van der Waals surface area contributed by atoms with Crippen molar-refractivity contribution in [1.29, 1.82) is 0 Å². The van der Waals surface area contributed by atoms with Gasteiger partial charge in [0.1, 0.15) is 0 Å². The molecule has 0 bridgehead atoms. The lowest BCUT2D eigenvalue weighted by Crippen LogP contribution is -2.07. The van der Waals surface area contributed by atoms with Crippen LogP contribution in [0.25, 0.3) is 0 Å². The van der Waals surface area contributed by atoms with E-state index in [1.165, 1.54) is 14.2 Å². The fourth-order valence-corrected chi connectivity index (χ4v) is 1.23. The van der Waals surface area contributed by atoms with E-state index in [4.69, 9.17) is 9.47 Å². The zero-order valence-electron chi connectivity index (χ0n) is 6.92. The van der Waals surface area contributed by atoms with Gasteiger partial charge in [0.05, 0.1) is 24.5 Å². The van der Waals surface area contributed by atoms with Crippen molar-refractivity contribution in [3.05, 3.63) is 12.1 Å². The number of rotatable bonds is 2. The van der Waals surface area contributed by atoms with Crippen molar-refractivity contribution in [2.45, 2.75) is 0 Å². The minimum Gasteiger partial charge on any atom is -0.502 e. The van der Waals surface area contributed by atoms with Crippen LogP contribution < -0.4 is 14.7 Å². The molecule has 0 aliphatic rings. The molecule has 1 rings (SSSR count). The Morgan fingerprint density at radius 3 is 2.42 bits per heavy atom. The normalized spacial score (nSPS) is 9.58. The maximum Gasteiger partial charge on any atom is 0.200 e. The van der Waals surface area contributed by atoms with Crippen LogP contribution in [0.1, 0.15) is 0 Å². The van der Waals surface area contributed by atoms with Gasteiger partial charge in [-0.25, -0.2) is 0 Å². The Hall–Kier alpha value is -1.16. The summed E-state index contributed by atoms with van der Waals surface area (Å²) in [7, 11) is 6.25. The first kappa shape index (κ1) is 8.93. The van der Waals surface area contributed by atoms with Crippen LogP contribution in [-0.2, 0) is 0 Å². The largest absolute Gasteiger partial charge is 0.502 e. The topological polar surface area (TPSA) is 38.7 Å². The van der Waals surface area contributed by atoms with E-state index in [-0.39, 0.29) is 5.75 Å². The Labute approximate surface area is 74.4 Å². The maximum absolute atomic E-state index is 9.49. The molecule has 3 nitrogen and oxygen atoms in total. The molecule has 3 radical (unpaired) electrons. The Bertz CT molecular complexity index is 286. The molecule has 63 valence electrons. The van der Waals surface area contributed by atoms with E-state index in [2.05, 4.69) is 10.2 Å². The van der Waals surface area contributed by atoms with E-state index in [9.17, 15) is 5.11 Å². The van der Waals surface area contributed by atoms with E-state index in [0.29, 0.717) is 16.7 Å². The number of hydrogen-bond donors (Lipinski definition) is 1. The third kappa shape index (κ3) is 1.38. The Morgan fingerprint density at radius 2 is 1.92 bits per heavy atom. The molecule has 1 aromatic rings. The second kappa shape index (κ2) is 3.49. The summed E-state index contributed by atoms with van der Waals surface area (Å²) in [5, 5.41) is 10.2. The van der Waals surface area contributed by atoms with Gasteiger partial charge in [-0.2, -0.15) is 0 Å². The molecule has 0 heterocycles. The van der Waals surface area contributed by atoms with Crippen molar-refractivity contribution in [2.24, 2.45) is 0 Å². The van der Waals surface area contributed by atoms with Gasteiger partial charge >= 0.3 is 0 Å². The van der Waals surface area contributed by atoms with Crippen molar-refractivity contribution >= 4 is 15.4 Å². The summed E-state index contributed by atoms with van der Waals surface area (Å²) in [4.78, 5) is 0. The number of aromatic hydroxyl groups is 1. The summed E-state index contributed by atoms with van der Waals surface area (Å²) in [5.41, 5.74) is 0. The molecule has 0 saturated carbocycles. The highest BCUT2D eigenvalue weighted by Crippen LogP contribution is 2.33. The van der Waals surface area contributed by atoms with Crippen LogP contribution in [0, 0.1) is 0 Å². The predicted octanol–water partition coefficient (Wildman–Crippen LogP) is 0.203. The van der Waals surface area contributed by atoms with Crippen LogP contribution in [0.15, 0.2) is 12.1 Å². The smallest absolute Gasteiger partial charge is 0.200 e. The Morgan fingerprint density at radius 1 is 1.25 bits per heavy atom. The minimum absolute atomic E-state index is 0.00694. The standard InChI is InChI=1S/C8H9O3Si/c1-10-5-3-4-6(12)8(11-2)7(5)9/h3-4,9H,1-2H3. The summed E-state index contributed by atoms with van der Waals surface area (Å²) >= 11 is 0. The van der Waals surface area contributed by atoms with Crippen molar-refractivity contribution in [3.8, 4) is 17.2 Å². The second-order valence-electron chi connectivity index (χ2n) is 2.20. The van der Waals surface area contributed by atoms with Gasteiger partial charge in [0, 0.05) is 0 Å². The third-order valence-corrected chi connectivity index (χ3v) is 1.91. The summed E-state index contributed by atoms with van der Waals surface area (Å²) in [6.45, 7) is 0. The number of hydrogen-bond acceptors (Lipinski definition) is 3. The van der Waals surface area contributed by atoms with Gasteiger partial charge in [-0.1, -0.05) is 6.07 Å². The molecule has 0 fully saturated rings. The first-order valence-corrected chi connectivity index (χ1v) is 3.86. The molecular weight excluding hydrogens is 172 g/mol. The molecule has 1 N–H and O–H groups in total. The Kier molecular flexibility index (Phi) is 2.60. The van der Waals surface area contributed by atoms with Gasteiger partial charge in [0.2, 0.25) is 5.75 Å². The minimum atomic E-state index is 0.00694. The van der Waals surface area contributed by atoms with Crippen LogP contribution in [0.4, 0.5) is 0 Å². The fraction of sp³-hybridized carbons (Fsp3) is 0.250. The van der Waals surface area contributed by atoms with E-state index in [1.54, 1.807) is 12.1 Å². The molecule has 0 aliphatic heterocycles. The summed E-state index contributed by atoms with van der Waals surface area (Å²) in [6.07, 6.45) is 0. The molecule has 0 unspecified atom stereocenters. The highest BCUT2D eigenvalue weighted by molar-refractivity contribution is 6.34. The summed E-state index contributed by atoms with van der Waals surface area (Å²) in [5.74, 6) is 0.785. The van der Waals surface area contributed by atoms with E-state index < -0.39 is 0 Å². The van der Waals surface area contributed by atoms with Crippen molar-refractivity contribution in [2.75, 3.05) is 14.2 Å². The molecule has 4 heteroatoms. The second-order valence-corrected chi connectivity index (χ2v) is 2.74. The molecule has 0 atom stereocenters. The van der Waals surface area contributed by atoms with Crippen LogP contribution in [0.2, 0.25) is 0 Å². The van der Waals surface area contributed by atoms with Gasteiger partial charge in [-0.05, 0) is 11.3 Å². The monoisotopic (exact) mass is 181 g/mol. The number of ether oxygens (including phenoxy) is 2. The van der Waals surface area contributed by atoms with Crippen molar-refractivity contribution < 1.29 is 14.6 Å². The molecular formula is C8H9O3Si. The van der Waals surface area contributed by atoms with Crippen LogP contribution in [-0.4, -0.2) is 29.6 Å². The zero-order valence-corrected chi connectivity index (χ0v) is 7.92. The summed E-state index contributed by atoms with van der Waals surface area (Å²) in [6, 6.07) is 3.40. The number of phenols is 1. The maximum atomic E-state index is 9.49. The molecule has 0 aromatic heterocycles. The number of benzene rings is 1. The molecule has 1 aromatic carbocycles. The number of methoxy groups -OCH3 is 2. The van der Waals surface area contributed by atoms with E-state index in [1.807, 2.05) is 0 Å². The quantitative estimate of drug-likeness (QED) is 0.663. The van der Waals surface area contributed by atoms with Gasteiger partial charge in [0.25, 0.3) is 0 Å². The van der Waals surface area contributed by atoms with Gasteiger partial charge in [-0.3, -0.25) is 0 Å². The van der Waals surface area contributed by atoms with Crippen molar-refractivity contribution in [1.82, 2.24) is 0 Å². The van der Waals surface area contributed by atoms with Gasteiger partial charge in [-0.15, -0.1) is 0 Å². The van der Waals surface area contributed by atoms with Crippen LogP contribution in [0.3, 0.4) is 0 Å². The lowest BCUT2D eigenvalue weighted by Gasteiger charge is -2.09. The first-order valence-electron chi connectivity index (χ1n) is 3.36. The fourth-order valence-electron chi connectivity index (χ4n) is 0.924. The highest BCUT2D eigenvalue weighted by Gasteiger charge is 2.09. The lowest BCUT2D eigenvalue weighted by atomic mass is 10.3. The highest BCUT2D eigenvalue weighted by atomic mass is 28.1. The molecule has 0 amide bonds. The van der Waals surface area contributed by atoms with E-state index >= 15 is 0 Å². The summed E-state index contributed by atoms with van der Waals surface area (Å²) < 4.78 is 9.83. The lowest BCUT2D eigenvalue weighted by molar-refractivity contribution is 0.342. The molecule has 12 heavy (non-hydrogen) atoms. The molecule has 0 saturated heterocycles. The molecule has 0 aliphatic carbocycles. The first-order chi connectivity index (χ1) is 5.70. The Balaban J connectivity index is 3.24. The third-order valence-electron chi connectivity index (χ3n) is 1.52. The van der Waals surface area contributed by atoms with Gasteiger partial charge < -0.3 is 14.6 Å². The average Bonchev–Trinajstić information content (AvgIpc) is 2.06.